The lowest BCUT2D eigenvalue weighted by molar-refractivity contribution is -0.125. The smallest absolute Gasteiger partial charge is 0.298 e. The summed E-state index contributed by atoms with van der Waals surface area (Å²) >= 11 is 0. The van der Waals surface area contributed by atoms with Crippen LogP contribution in [0.25, 0.3) is 11.4 Å². The molecule has 0 saturated carbocycles. The largest absolute Gasteiger partial charge is 0.461 e. The van der Waals surface area contributed by atoms with Crippen molar-refractivity contribution >= 4 is 11.7 Å². The van der Waals surface area contributed by atoms with Gasteiger partial charge in [0.25, 0.3) is 11.7 Å². The number of tetrazole rings is 1. The highest BCUT2D eigenvalue weighted by molar-refractivity contribution is 6.41. The van der Waals surface area contributed by atoms with Crippen LogP contribution in [0.15, 0.2) is 47.1 Å². The van der Waals surface area contributed by atoms with Gasteiger partial charge in [-0.1, -0.05) is 18.2 Å². The van der Waals surface area contributed by atoms with Crippen LogP contribution in [0.3, 0.4) is 0 Å². The van der Waals surface area contributed by atoms with E-state index in [0.29, 0.717) is 5.82 Å². The lowest BCUT2D eigenvalue weighted by Crippen LogP contribution is -2.32. The number of furan rings is 1. The van der Waals surface area contributed by atoms with Crippen molar-refractivity contribution in [2.75, 3.05) is 7.05 Å². The molecule has 8 heteroatoms. The average Bonchev–Trinajstić information content (AvgIpc) is 3.26. The molecule has 0 spiro atoms. The van der Waals surface area contributed by atoms with E-state index in [1.165, 1.54) is 17.2 Å². The average molecular weight is 311 g/mol. The van der Waals surface area contributed by atoms with Gasteiger partial charge in [0, 0.05) is 19.2 Å². The van der Waals surface area contributed by atoms with E-state index >= 15 is 0 Å². The van der Waals surface area contributed by atoms with E-state index in [1.54, 1.807) is 13.1 Å². The number of benzene rings is 1. The zero-order valence-electron chi connectivity index (χ0n) is 12.3. The van der Waals surface area contributed by atoms with E-state index in [9.17, 15) is 9.59 Å². The van der Waals surface area contributed by atoms with Crippen molar-refractivity contribution in [3.8, 4) is 11.4 Å². The Morgan fingerprint density at radius 3 is 2.83 bits per heavy atom. The molecule has 2 aromatic heterocycles. The normalized spacial score (nSPS) is 10.5. The number of hydrogen-bond acceptors (Lipinski definition) is 6. The minimum absolute atomic E-state index is 0.0300. The second-order valence-electron chi connectivity index (χ2n) is 4.90. The number of rotatable bonds is 5. The molecule has 0 aliphatic carbocycles. The van der Waals surface area contributed by atoms with Gasteiger partial charge in [0.15, 0.2) is 5.76 Å². The van der Waals surface area contributed by atoms with Gasteiger partial charge >= 0.3 is 0 Å². The van der Waals surface area contributed by atoms with Crippen LogP contribution in [0.2, 0.25) is 0 Å². The van der Waals surface area contributed by atoms with Crippen molar-refractivity contribution in [2.24, 2.45) is 0 Å². The quantitative estimate of drug-likeness (QED) is 0.562. The predicted molar refractivity (Wildman–Crippen MR) is 79.1 cm³/mol. The summed E-state index contributed by atoms with van der Waals surface area (Å²) in [6, 6.07) is 10.4. The van der Waals surface area contributed by atoms with Gasteiger partial charge in [-0.3, -0.25) is 9.59 Å². The van der Waals surface area contributed by atoms with E-state index in [-0.39, 0.29) is 12.3 Å². The Balaban J connectivity index is 1.73. The molecule has 116 valence electrons. The molecule has 0 aliphatic heterocycles. The van der Waals surface area contributed by atoms with Gasteiger partial charge in [-0.2, -0.15) is 5.21 Å². The summed E-state index contributed by atoms with van der Waals surface area (Å²) < 4.78 is 4.96. The summed E-state index contributed by atoms with van der Waals surface area (Å²) in [4.78, 5) is 25.4. The van der Waals surface area contributed by atoms with Gasteiger partial charge in [-0.15, -0.1) is 10.2 Å². The monoisotopic (exact) mass is 311 g/mol. The minimum atomic E-state index is -0.674. The second kappa shape index (κ2) is 6.22. The number of carbonyl (C=O) groups excluding carboxylic acids is 2. The Kier molecular flexibility index (Phi) is 3.96. The molecular formula is C15H13N5O3. The summed E-state index contributed by atoms with van der Waals surface area (Å²) in [6.45, 7) is 0.275. The highest BCUT2D eigenvalue weighted by atomic mass is 16.3. The van der Waals surface area contributed by atoms with Crippen LogP contribution in [0.5, 0.6) is 0 Å². The Labute approximate surface area is 131 Å². The number of nitrogens with one attached hydrogen (secondary N) is 1. The van der Waals surface area contributed by atoms with Gasteiger partial charge < -0.3 is 9.32 Å². The number of nitrogens with zero attached hydrogens (tertiary/aromatic N) is 4. The lowest BCUT2D eigenvalue weighted by Gasteiger charge is -2.16. The number of aromatic amines is 1. The van der Waals surface area contributed by atoms with Crippen LogP contribution in [0.4, 0.5) is 0 Å². The van der Waals surface area contributed by atoms with E-state index in [2.05, 4.69) is 20.6 Å². The summed E-state index contributed by atoms with van der Waals surface area (Å²) in [5.74, 6) is -0.813. The molecule has 0 aliphatic rings. The molecule has 3 rings (SSSR count). The van der Waals surface area contributed by atoms with Crippen molar-refractivity contribution in [3.63, 3.8) is 0 Å². The molecule has 1 N–H and O–H groups in total. The molecule has 23 heavy (non-hydrogen) atoms. The maximum Gasteiger partial charge on any atom is 0.298 e. The van der Waals surface area contributed by atoms with Crippen molar-refractivity contribution in [3.05, 3.63) is 54.0 Å². The highest BCUT2D eigenvalue weighted by Crippen LogP contribution is 2.16. The number of carbonyl (C=O) groups is 2. The molecular weight excluding hydrogens is 298 g/mol. The maximum atomic E-state index is 12.1. The van der Waals surface area contributed by atoms with E-state index in [0.717, 1.165) is 11.1 Å². The topological polar surface area (TPSA) is 105 Å². The van der Waals surface area contributed by atoms with Crippen molar-refractivity contribution in [2.45, 2.75) is 6.54 Å². The number of likely N-dealkylation sites (N-methyl/N-ethyl adjacent to an activating group) is 1. The Bertz CT molecular complexity index is 812. The second-order valence-corrected chi connectivity index (χ2v) is 4.90. The van der Waals surface area contributed by atoms with Crippen molar-refractivity contribution < 1.29 is 14.0 Å². The first-order valence-corrected chi connectivity index (χ1v) is 6.81. The third-order valence-corrected chi connectivity index (χ3v) is 3.24. The zero-order valence-corrected chi connectivity index (χ0v) is 12.3. The third-order valence-electron chi connectivity index (χ3n) is 3.24. The number of ketones is 1. The molecule has 0 bridgehead atoms. The molecule has 1 aromatic carbocycles. The fourth-order valence-corrected chi connectivity index (χ4v) is 2.13. The number of aromatic nitrogens is 4. The molecule has 0 radical (unpaired) electrons. The molecule has 0 saturated heterocycles. The van der Waals surface area contributed by atoms with E-state index in [4.69, 9.17) is 4.42 Å². The summed E-state index contributed by atoms with van der Waals surface area (Å²) in [7, 11) is 1.56. The number of amides is 1. The predicted octanol–water partition coefficient (Wildman–Crippen LogP) is 1.30. The first kappa shape index (κ1) is 14.6. The Morgan fingerprint density at radius 2 is 2.13 bits per heavy atom. The molecule has 1 amide bonds. The summed E-state index contributed by atoms with van der Waals surface area (Å²) in [6.07, 6.45) is 1.36. The van der Waals surface area contributed by atoms with Gasteiger partial charge in [0.1, 0.15) is 0 Å². The Morgan fingerprint density at radius 1 is 1.26 bits per heavy atom. The van der Waals surface area contributed by atoms with Crippen molar-refractivity contribution in [1.29, 1.82) is 0 Å². The molecule has 8 nitrogen and oxygen atoms in total. The molecule has 0 unspecified atom stereocenters. The molecule has 0 atom stereocenters. The number of Topliss-reactive ketones (excluding diaryl/α,β-unsaturated/α-hetero) is 1. The highest BCUT2D eigenvalue weighted by Gasteiger charge is 2.22. The standard InChI is InChI=1S/C15H13N5O3/c1-20(15(22)13(21)12-6-3-7-23-12)9-10-4-2-5-11(8-10)14-16-18-19-17-14/h2-8H,9H2,1H3,(H,16,17,18,19). The fraction of sp³-hybridized carbons (Fsp3) is 0.133. The molecule has 0 fully saturated rings. The van der Waals surface area contributed by atoms with Crippen LogP contribution in [-0.4, -0.2) is 44.3 Å². The van der Waals surface area contributed by atoms with Crippen LogP contribution in [-0.2, 0) is 11.3 Å². The number of H-pyrrole nitrogens is 1. The van der Waals surface area contributed by atoms with Gasteiger partial charge in [0.05, 0.1) is 6.26 Å². The van der Waals surface area contributed by atoms with Gasteiger partial charge in [-0.05, 0) is 29.0 Å². The summed E-state index contributed by atoms with van der Waals surface area (Å²) in [5, 5.41) is 13.7. The first-order chi connectivity index (χ1) is 11.1. The van der Waals surface area contributed by atoms with Crippen molar-refractivity contribution in [1.82, 2.24) is 25.5 Å². The maximum absolute atomic E-state index is 12.1. The SMILES string of the molecule is CN(Cc1cccc(-c2nn[nH]n2)c1)C(=O)C(=O)c1ccco1. The molecule has 2 heterocycles. The fourth-order valence-electron chi connectivity index (χ4n) is 2.13. The van der Waals surface area contributed by atoms with Crippen LogP contribution >= 0.6 is 0 Å². The van der Waals surface area contributed by atoms with E-state index in [1.807, 2.05) is 24.3 Å². The summed E-state index contributed by atoms with van der Waals surface area (Å²) in [5.41, 5.74) is 1.62. The van der Waals surface area contributed by atoms with Gasteiger partial charge in [-0.25, -0.2) is 0 Å². The van der Waals surface area contributed by atoms with Crippen LogP contribution in [0, 0.1) is 0 Å². The van der Waals surface area contributed by atoms with E-state index < -0.39 is 11.7 Å². The van der Waals surface area contributed by atoms with Crippen LogP contribution < -0.4 is 0 Å². The van der Waals surface area contributed by atoms with Gasteiger partial charge in [0.2, 0.25) is 5.82 Å². The lowest BCUT2D eigenvalue weighted by atomic mass is 10.1. The number of hydrogen-bond donors (Lipinski definition) is 1. The minimum Gasteiger partial charge on any atom is -0.461 e. The zero-order chi connectivity index (χ0) is 16.2. The third kappa shape index (κ3) is 3.15. The Hall–Kier alpha value is -3.29. The first-order valence-electron chi connectivity index (χ1n) is 6.81. The van der Waals surface area contributed by atoms with Crippen LogP contribution in [0.1, 0.15) is 16.1 Å². The molecule has 3 aromatic rings.